The Morgan fingerprint density at radius 1 is 1.00 bits per heavy atom. The fraction of sp³-hybridized carbons (Fsp3) is 0.458. The van der Waals surface area contributed by atoms with Crippen LogP contribution >= 0.6 is 24.0 Å². The maximum atomic E-state index is 5.59. The Labute approximate surface area is 202 Å². The average Bonchev–Trinajstić information content (AvgIpc) is 3.25. The van der Waals surface area contributed by atoms with Crippen LogP contribution in [-0.2, 0) is 30.7 Å². The highest BCUT2D eigenvalue weighted by molar-refractivity contribution is 14.0. The number of rotatable bonds is 7. The van der Waals surface area contributed by atoms with E-state index >= 15 is 0 Å². The molecule has 0 aliphatic carbocycles. The summed E-state index contributed by atoms with van der Waals surface area (Å²) < 4.78 is 11.0. The minimum Gasteiger partial charge on any atom is -0.493 e. The van der Waals surface area contributed by atoms with E-state index < -0.39 is 0 Å². The van der Waals surface area contributed by atoms with E-state index in [1.54, 1.807) is 0 Å². The third-order valence-corrected chi connectivity index (χ3v) is 5.64. The van der Waals surface area contributed by atoms with Crippen LogP contribution in [0.1, 0.15) is 22.3 Å². The van der Waals surface area contributed by atoms with Gasteiger partial charge in [0.2, 0.25) is 0 Å². The van der Waals surface area contributed by atoms with Crippen molar-refractivity contribution in [3.63, 3.8) is 0 Å². The molecule has 0 amide bonds. The Hall–Kier alpha value is -1.84. The van der Waals surface area contributed by atoms with E-state index in [2.05, 4.69) is 63.0 Å². The number of benzene rings is 2. The van der Waals surface area contributed by atoms with Crippen molar-refractivity contribution in [2.75, 3.05) is 46.5 Å². The Bertz CT molecular complexity index is 868. The second kappa shape index (κ2) is 12.3. The molecular formula is C24H33IN4O2. The lowest BCUT2D eigenvalue weighted by Crippen LogP contribution is -2.38. The number of ether oxygens (including phenoxy) is 2. The molecule has 0 unspecified atom stereocenters. The predicted octanol–water partition coefficient (Wildman–Crippen LogP) is 2.98. The first-order chi connectivity index (χ1) is 14.8. The van der Waals surface area contributed by atoms with Crippen molar-refractivity contribution < 1.29 is 9.47 Å². The first-order valence-corrected chi connectivity index (χ1v) is 10.9. The first-order valence-electron chi connectivity index (χ1n) is 10.9. The van der Waals surface area contributed by atoms with Gasteiger partial charge in [0.25, 0.3) is 0 Å². The van der Waals surface area contributed by atoms with Gasteiger partial charge in [0.15, 0.2) is 5.96 Å². The largest absolute Gasteiger partial charge is 0.493 e. The molecule has 2 heterocycles. The van der Waals surface area contributed by atoms with Gasteiger partial charge in [-0.1, -0.05) is 36.4 Å². The quantitative estimate of drug-likeness (QED) is 0.324. The van der Waals surface area contributed by atoms with Gasteiger partial charge in [-0.05, 0) is 34.7 Å². The number of aliphatic imine (C=N–C) groups is 1. The topological polar surface area (TPSA) is 58.1 Å². The van der Waals surface area contributed by atoms with Crippen LogP contribution in [0, 0.1) is 0 Å². The summed E-state index contributed by atoms with van der Waals surface area (Å²) in [5.41, 5.74) is 5.27. The second-order valence-corrected chi connectivity index (χ2v) is 7.85. The fourth-order valence-corrected chi connectivity index (χ4v) is 3.98. The number of halogens is 1. The van der Waals surface area contributed by atoms with E-state index in [0.717, 1.165) is 77.1 Å². The van der Waals surface area contributed by atoms with Crippen molar-refractivity contribution in [3.05, 3.63) is 64.7 Å². The summed E-state index contributed by atoms with van der Waals surface area (Å²) in [6.45, 7) is 7.08. The van der Waals surface area contributed by atoms with Gasteiger partial charge in [-0.2, -0.15) is 0 Å². The Balaban J connectivity index is 0.00000272. The number of nitrogens with one attached hydrogen (secondary N) is 2. The van der Waals surface area contributed by atoms with E-state index in [0.29, 0.717) is 0 Å². The molecule has 31 heavy (non-hydrogen) atoms. The Morgan fingerprint density at radius 3 is 2.68 bits per heavy atom. The van der Waals surface area contributed by atoms with Crippen LogP contribution in [0.25, 0.3) is 0 Å². The molecule has 2 N–H and O–H groups in total. The number of fused-ring (bicyclic) bond motifs is 1. The number of morpholine rings is 1. The lowest BCUT2D eigenvalue weighted by molar-refractivity contribution is 0.0342. The van der Waals surface area contributed by atoms with E-state index in [1.807, 2.05) is 7.05 Å². The van der Waals surface area contributed by atoms with Crippen LogP contribution in [0.2, 0.25) is 0 Å². The third kappa shape index (κ3) is 7.08. The lowest BCUT2D eigenvalue weighted by Gasteiger charge is -2.26. The molecule has 1 fully saturated rings. The number of hydrogen-bond acceptors (Lipinski definition) is 4. The summed E-state index contributed by atoms with van der Waals surface area (Å²) in [7, 11) is 1.82. The van der Waals surface area contributed by atoms with Crippen LogP contribution in [0.5, 0.6) is 5.75 Å². The van der Waals surface area contributed by atoms with Gasteiger partial charge in [-0.3, -0.25) is 9.89 Å². The van der Waals surface area contributed by atoms with Crippen molar-refractivity contribution in [1.29, 1.82) is 0 Å². The fourth-order valence-electron chi connectivity index (χ4n) is 3.98. The molecule has 1 saturated heterocycles. The average molecular weight is 536 g/mol. The molecule has 2 aliphatic rings. The molecule has 7 heteroatoms. The predicted molar refractivity (Wildman–Crippen MR) is 135 cm³/mol. The van der Waals surface area contributed by atoms with Gasteiger partial charge in [0.05, 0.1) is 19.8 Å². The highest BCUT2D eigenvalue weighted by atomic mass is 127. The van der Waals surface area contributed by atoms with E-state index in [-0.39, 0.29) is 24.0 Å². The van der Waals surface area contributed by atoms with Crippen molar-refractivity contribution in [2.45, 2.75) is 25.9 Å². The smallest absolute Gasteiger partial charge is 0.191 e. The van der Waals surface area contributed by atoms with E-state index in [4.69, 9.17) is 9.47 Å². The summed E-state index contributed by atoms with van der Waals surface area (Å²) >= 11 is 0. The van der Waals surface area contributed by atoms with Crippen LogP contribution < -0.4 is 15.4 Å². The molecule has 0 aromatic heterocycles. The van der Waals surface area contributed by atoms with Crippen LogP contribution in [-0.4, -0.2) is 57.4 Å². The molecule has 4 rings (SSSR count). The number of nitrogens with zero attached hydrogens (tertiary/aromatic N) is 2. The molecule has 168 valence electrons. The molecule has 0 radical (unpaired) electrons. The van der Waals surface area contributed by atoms with Gasteiger partial charge in [0.1, 0.15) is 5.75 Å². The normalized spacial score (nSPS) is 16.2. The third-order valence-electron chi connectivity index (χ3n) is 5.64. The van der Waals surface area contributed by atoms with Crippen molar-refractivity contribution in [1.82, 2.24) is 15.5 Å². The first kappa shape index (κ1) is 23.8. The molecule has 0 spiro atoms. The summed E-state index contributed by atoms with van der Waals surface area (Å²) in [5.74, 6) is 1.87. The monoisotopic (exact) mass is 536 g/mol. The molecular weight excluding hydrogens is 503 g/mol. The highest BCUT2D eigenvalue weighted by Crippen LogP contribution is 2.25. The molecule has 0 saturated carbocycles. The van der Waals surface area contributed by atoms with Gasteiger partial charge >= 0.3 is 0 Å². The Kier molecular flexibility index (Phi) is 9.42. The van der Waals surface area contributed by atoms with Crippen molar-refractivity contribution in [2.24, 2.45) is 4.99 Å². The van der Waals surface area contributed by atoms with Crippen molar-refractivity contribution >= 4 is 29.9 Å². The van der Waals surface area contributed by atoms with Crippen molar-refractivity contribution in [3.8, 4) is 5.75 Å². The molecule has 2 aromatic carbocycles. The van der Waals surface area contributed by atoms with E-state index in [9.17, 15) is 0 Å². The minimum absolute atomic E-state index is 0. The summed E-state index contributed by atoms with van der Waals surface area (Å²) in [4.78, 5) is 6.81. The Morgan fingerprint density at radius 2 is 1.84 bits per heavy atom. The minimum atomic E-state index is 0. The second-order valence-electron chi connectivity index (χ2n) is 7.85. The maximum absolute atomic E-state index is 5.59. The zero-order valence-corrected chi connectivity index (χ0v) is 20.6. The van der Waals surface area contributed by atoms with Crippen LogP contribution in [0.15, 0.2) is 47.5 Å². The van der Waals surface area contributed by atoms with Gasteiger partial charge in [-0.15, -0.1) is 24.0 Å². The zero-order valence-electron chi connectivity index (χ0n) is 18.2. The van der Waals surface area contributed by atoms with Gasteiger partial charge in [0, 0.05) is 46.2 Å². The summed E-state index contributed by atoms with van der Waals surface area (Å²) in [6, 6.07) is 15.3. The number of hydrogen-bond donors (Lipinski definition) is 2. The summed E-state index contributed by atoms with van der Waals surface area (Å²) in [6.07, 6.45) is 1.98. The van der Waals surface area contributed by atoms with E-state index in [1.165, 1.54) is 22.3 Å². The van der Waals surface area contributed by atoms with Gasteiger partial charge < -0.3 is 20.1 Å². The summed E-state index contributed by atoms with van der Waals surface area (Å²) in [5, 5.41) is 6.85. The standard InChI is InChI=1S/C24H32N4O2.HI/c1-25-24(26-9-7-19-5-6-23-22(16-19)8-12-30-23)27-17-20-3-2-4-21(15-20)18-28-10-13-29-14-11-28;/h2-6,15-16H,7-14,17-18H2,1H3,(H2,25,26,27);1H. The van der Waals surface area contributed by atoms with Gasteiger partial charge in [-0.25, -0.2) is 0 Å². The molecule has 0 bridgehead atoms. The highest BCUT2D eigenvalue weighted by Gasteiger charge is 2.12. The lowest BCUT2D eigenvalue weighted by atomic mass is 10.1. The van der Waals surface area contributed by atoms with Crippen LogP contribution in [0.4, 0.5) is 0 Å². The molecule has 6 nitrogen and oxygen atoms in total. The number of guanidine groups is 1. The SMILES string of the molecule is CN=C(NCCc1ccc2c(c1)CCO2)NCc1cccc(CN2CCOCC2)c1.I. The zero-order chi connectivity index (χ0) is 20.6. The molecule has 0 atom stereocenters. The molecule has 2 aromatic rings. The maximum Gasteiger partial charge on any atom is 0.191 e. The molecule has 2 aliphatic heterocycles. The van der Waals surface area contributed by atoms with Crippen LogP contribution in [0.3, 0.4) is 0 Å².